The van der Waals surface area contributed by atoms with Gasteiger partial charge in [0.25, 0.3) is 5.91 Å². The van der Waals surface area contributed by atoms with E-state index in [1.807, 2.05) is 36.4 Å². The summed E-state index contributed by atoms with van der Waals surface area (Å²) in [7, 11) is 0. The lowest BCUT2D eigenvalue weighted by molar-refractivity contribution is -0.245. The molecule has 1 aliphatic rings. The van der Waals surface area contributed by atoms with Crippen LogP contribution in [0.15, 0.2) is 77.1 Å². The van der Waals surface area contributed by atoms with Gasteiger partial charge in [0.15, 0.2) is 33.9 Å². The van der Waals surface area contributed by atoms with Gasteiger partial charge in [0.05, 0.1) is 29.0 Å². The molecule has 6 nitrogen and oxygen atoms in total. The first-order valence-electron chi connectivity index (χ1n) is 13.6. The average Bonchev–Trinajstić information content (AvgIpc) is 3.49. The minimum atomic E-state index is -2.36. The Morgan fingerprint density at radius 3 is 2.31 bits per heavy atom. The van der Waals surface area contributed by atoms with Gasteiger partial charge in [-0.15, -0.1) is 11.3 Å². The number of nitrogens with zero attached hydrogens (tertiary/aromatic N) is 1. The molecule has 5 aromatic rings. The molecule has 45 heavy (non-hydrogen) atoms. The molecule has 0 bridgehead atoms. The maximum absolute atomic E-state index is 14.2. The molecule has 2 N–H and O–H groups in total. The molecule has 0 aliphatic carbocycles. The lowest BCUT2D eigenvalue weighted by Crippen LogP contribution is -2.31. The van der Waals surface area contributed by atoms with Gasteiger partial charge in [-0.3, -0.25) is 4.79 Å². The van der Waals surface area contributed by atoms with Crippen LogP contribution < -0.4 is 5.32 Å². The molecule has 0 radical (unpaired) electrons. The van der Waals surface area contributed by atoms with Crippen LogP contribution in [0.3, 0.4) is 0 Å². The first kappa shape index (κ1) is 31.1. The number of aliphatic hydroxyl groups excluding tert-OH is 1. The molecule has 3 atom stereocenters. The van der Waals surface area contributed by atoms with Crippen molar-refractivity contribution in [2.45, 2.75) is 35.9 Å². The molecular formula is C32H23F5N2O4S2. The molecule has 1 aliphatic heterocycles. The van der Waals surface area contributed by atoms with Crippen LogP contribution in [0.2, 0.25) is 0 Å². The smallest absolute Gasteiger partial charge is 0.261 e. The summed E-state index contributed by atoms with van der Waals surface area (Å²) >= 11 is 3.12. The highest BCUT2D eigenvalue weighted by Gasteiger charge is 2.33. The van der Waals surface area contributed by atoms with Crippen LogP contribution in [-0.4, -0.2) is 27.9 Å². The molecule has 2 heterocycles. The van der Waals surface area contributed by atoms with Crippen molar-refractivity contribution in [3.8, 4) is 0 Å². The highest BCUT2D eigenvalue weighted by atomic mass is 32.2. The van der Waals surface area contributed by atoms with E-state index >= 15 is 0 Å². The van der Waals surface area contributed by atoms with Gasteiger partial charge in [0.2, 0.25) is 5.82 Å². The van der Waals surface area contributed by atoms with Crippen LogP contribution >= 0.6 is 23.1 Å². The van der Waals surface area contributed by atoms with E-state index in [0.29, 0.717) is 17.7 Å². The number of carbonyl (C=O) groups is 1. The first-order chi connectivity index (χ1) is 21.7. The number of nitrogens with one attached hydrogen (secondary N) is 1. The lowest BCUT2D eigenvalue weighted by atomic mass is 10.0. The van der Waals surface area contributed by atoms with E-state index in [0.717, 1.165) is 25.7 Å². The Balaban J connectivity index is 1.24. The van der Waals surface area contributed by atoms with Crippen LogP contribution in [0.4, 0.5) is 27.6 Å². The fourth-order valence-electron chi connectivity index (χ4n) is 4.86. The van der Waals surface area contributed by atoms with Gasteiger partial charge in [0.1, 0.15) is 5.56 Å². The van der Waals surface area contributed by atoms with Gasteiger partial charge < -0.3 is 19.9 Å². The van der Waals surface area contributed by atoms with E-state index in [1.54, 1.807) is 41.3 Å². The van der Waals surface area contributed by atoms with Gasteiger partial charge in [0, 0.05) is 23.4 Å². The number of amides is 1. The quantitative estimate of drug-likeness (QED) is 0.0760. The largest absolute Gasteiger partial charge is 0.392 e. The van der Waals surface area contributed by atoms with E-state index in [4.69, 9.17) is 9.47 Å². The highest BCUT2D eigenvalue weighted by Crippen LogP contribution is 2.40. The number of ether oxygens (including phenoxy) is 2. The minimum absolute atomic E-state index is 0.0171. The number of hydrogen-bond donors (Lipinski definition) is 2. The Labute approximate surface area is 261 Å². The zero-order valence-electron chi connectivity index (χ0n) is 23.1. The molecule has 0 spiro atoms. The minimum Gasteiger partial charge on any atom is -0.392 e. The van der Waals surface area contributed by atoms with Crippen LogP contribution in [0.1, 0.15) is 45.9 Å². The summed E-state index contributed by atoms with van der Waals surface area (Å²) in [6.45, 7) is -0.109. The number of benzene rings is 4. The van der Waals surface area contributed by atoms with Crippen molar-refractivity contribution in [1.29, 1.82) is 0 Å². The summed E-state index contributed by atoms with van der Waals surface area (Å²) in [6.07, 6.45) is -1.16. The van der Waals surface area contributed by atoms with Crippen LogP contribution in [0, 0.1) is 29.1 Å². The number of hydrogen-bond acceptors (Lipinski definition) is 7. The van der Waals surface area contributed by atoms with E-state index in [2.05, 4.69) is 10.3 Å². The fraction of sp³-hybridized carbons (Fsp3) is 0.188. The molecule has 6 rings (SSSR count). The second-order valence-corrected chi connectivity index (χ2v) is 12.4. The molecule has 1 saturated heterocycles. The summed E-state index contributed by atoms with van der Waals surface area (Å²) in [5, 5.41) is 11.6. The Kier molecular flexibility index (Phi) is 9.15. The second-order valence-electron chi connectivity index (χ2n) is 10.1. The Hall–Kier alpha value is -3.88. The average molecular weight is 659 g/mol. The molecule has 4 aromatic carbocycles. The number of para-hydroxylation sites is 1. The predicted octanol–water partition coefficient (Wildman–Crippen LogP) is 8.07. The number of halogens is 5. The summed E-state index contributed by atoms with van der Waals surface area (Å²) in [4.78, 5) is 17.3. The topological polar surface area (TPSA) is 80.7 Å². The molecule has 13 heteroatoms. The summed E-state index contributed by atoms with van der Waals surface area (Å²) in [6, 6.07) is 21.1. The molecule has 1 fully saturated rings. The van der Waals surface area contributed by atoms with Crippen molar-refractivity contribution < 1.29 is 41.3 Å². The van der Waals surface area contributed by atoms with Gasteiger partial charge in [-0.2, -0.15) is 0 Å². The summed E-state index contributed by atoms with van der Waals surface area (Å²) < 4.78 is 83.9. The molecule has 1 aromatic heterocycles. The third kappa shape index (κ3) is 6.58. The first-order valence-corrected chi connectivity index (χ1v) is 15.4. The number of thiazole rings is 1. The second kappa shape index (κ2) is 13.2. The monoisotopic (exact) mass is 658 g/mol. The van der Waals surface area contributed by atoms with E-state index in [9.17, 15) is 31.9 Å². The fourth-order valence-corrected chi connectivity index (χ4v) is 6.97. The lowest BCUT2D eigenvalue weighted by Gasteiger charge is -2.36. The SMILES string of the molecule is O=C(Nc1cccc([C@@H]2O[C@H](CSc3nc4ccccc4s3)C[C@H](c3ccc(CO)cc3)O2)c1)c1c(F)c(F)c(F)c(F)c1F. The zero-order chi connectivity index (χ0) is 31.7. The van der Waals surface area contributed by atoms with Gasteiger partial charge >= 0.3 is 0 Å². The van der Waals surface area contributed by atoms with Gasteiger partial charge in [-0.1, -0.05) is 60.3 Å². The summed E-state index contributed by atoms with van der Waals surface area (Å²) in [5.74, 6) is -12.2. The van der Waals surface area contributed by atoms with Crippen molar-refractivity contribution in [1.82, 2.24) is 4.98 Å². The maximum atomic E-state index is 14.2. The number of thioether (sulfide) groups is 1. The van der Waals surface area contributed by atoms with E-state index in [1.165, 1.54) is 18.2 Å². The number of rotatable bonds is 8. The Bertz CT molecular complexity index is 1810. The number of aromatic nitrogens is 1. The van der Waals surface area contributed by atoms with Gasteiger partial charge in [-0.25, -0.2) is 26.9 Å². The number of fused-ring (bicyclic) bond motifs is 1. The Morgan fingerprint density at radius 2 is 1.60 bits per heavy atom. The number of anilines is 1. The third-order valence-electron chi connectivity index (χ3n) is 7.14. The molecule has 1 amide bonds. The molecule has 0 saturated carbocycles. The molecule has 0 unspecified atom stereocenters. The van der Waals surface area contributed by atoms with Crippen molar-refractivity contribution in [2.75, 3.05) is 11.1 Å². The molecule has 232 valence electrons. The zero-order valence-corrected chi connectivity index (χ0v) is 24.7. The normalized spacial score (nSPS) is 18.3. The van der Waals surface area contributed by atoms with Crippen molar-refractivity contribution in [2.24, 2.45) is 0 Å². The van der Waals surface area contributed by atoms with Crippen LogP contribution in [-0.2, 0) is 16.1 Å². The third-order valence-corrected chi connectivity index (χ3v) is 9.45. The molecular weight excluding hydrogens is 635 g/mol. The number of carbonyl (C=O) groups excluding carboxylic acids is 1. The summed E-state index contributed by atoms with van der Waals surface area (Å²) in [5.41, 5.74) is 1.36. The van der Waals surface area contributed by atoms with E-state index in [-0.39, 0.29) is 18.4 Å². The van der Waals surface area contributed by atoms with Crippen molar-refractivity contribution in [3.05, 3.63) is 124 Å². The maximum Gasteiger partial charge on any atom is 0.261 e. The van der Waals surface area contributed by atoms with Crippen LogP contribution in [0.25, 0.3) is 10.2 Å². The number of aliphatic hydroxyl groups is 1. The highest BCUT2D eigenvalue weighted by molar-refractivity contribution is 8.01. The standard InChI is InChI=1S/C32H23F5N2O4S2/c33-25-24(26(34)28(36)29(37)27(25)35)30(41)38-19-5-3-4-18(12-19)31-42-20(13-22(43-31)17-10-8-16(14-40)9-11-17)15-44-32-39-21-6-1-2-7-23(21)45-32/h1-12,20,22,31,40H,13-15H2,(H,38,41)/t20-,22+,31+/m0/s1. The van der Waals surface area contributed by atoms with Crippen molar-refractivity contribution >= 4 is 44.9 Å². The van der Waals surface area contributed by atoms with Crippen LogP contribution in [0.5, 0.6) is 0 Å². The van der Waals surface area contributed by atoms with Crippen molar-refractivity contribution in [3.63, 3.8) is 0 Å². The van der Waals surface area contributed by atoms with E-state index < -0.39 is 53.0 Å². The Morgan fingerprint density at radius 1 is 0.889 bits per heavy atom. The predicted molar refractivity (Wildman–Crippen MR) is 159 cm³/mol. The van der Waals surface area contributed by atoms with Gasteiger partial charge in [-0.05, 0) is 35.4 Å².